The van der Waals surface area contributed by atoms with Crippen LogP contribution in [0.3, 0.4) is 0 Å². The highest BCUT2D eigenvalue weighted by Gasteiger charge is 2.38. The largest absolute Gasteiger partial charge is 0.338 e. The third kappa shape index (κ3) is 3.35. The smallest absolute Gasteiger partial charge is 0.269 e. The van der Waals surface area contributed by atoms with Crippen molar-refractivity contribution < 1.29 is 14.5 Å². The number of fused-ring (bicyclic) bond motifs is 1. The molecule has 1 fully saturated rings. The lowest BCUT2D eigenvalue weighted by Crippen LogP contribution is -2.36. The molecule has 2 aromatic rings. The van der Waals surface area contributed by atoms with Gasteiger partial charge in [0, 0.05) is 43.9 Å². The predicted molar refractivity (Wildman–Crippen MR) is 104 cm³/mol. The molecular weight excluding hydrogens is 358 g/mol. The summed E-state index contributed by atoms with van der Waals surface area (Å²) in [5.41, 5.74) is 3.78. The topological polar surface area (TPSA) is 83.8 Å². The van der Waals surface area contributed by atoms with Gasteiger partial charge in [0.15, 0.2) is 0 Å². The maximum Gasteiger partial charge on any atom is 0.269 e. The molecule has 2 heterocycles. The maximum absolute atomic E-state index is 13.0. The fraction of sp³-hybridized carbons (Fsp3) is 0.333. The number of non-ortho nitro benzene ring substituents is 1. The quantitative estimate of drug-likeness (QED) is 0.604. The molecule has 7 nitrogen and oxygen atoms in total. The summed E-state index contributed by atoms with van der Waals surface area (Å²) in [4.78, 5) is 39.4. The van der Waals surface area contributed by atoms with Gasteiger partial charge in [0.1, 0.15) is 0 Å². The molecule has 0 bridgehead atoms. The number of hydrogen-bond donors (Lipinski definition) is 0. The van der Waals surface area contributed by atoms with Crippen molar-refractivity contribution in [2.45, 2.75) is 26.3 Å². The normalized spacial score (nSPS) is 18.5. The molecule has 1 unspecified atom stereocenters. The van der Waals surface area contributed by atoms with Gasteiger partial charge in [-0.1, -0.05) is 29.8 Å². The molecule has 7 heteroatoms. The number of nitro benzene ring substituents is 1. The van der Waals surface area contributed by atoms with Gasteiger partial charge in [0.2, 0.25) is 11.8 Å². The van der Waals surface area contributed by atoms with Crippen molar-refractivity contribution in [3.05, 3.63) is 69.3 Å². The van der Waals surface area contributed by atoms with Crippen molar-refractivity contribution in [1.29, 1.82) is 0 Å². The van der Waals surface area contributed by atoms with Gasteiger partial charge in [0.05, 0.1) is 10.8 Å². The second-order valence-corrected chi connectivity index (χ2v) is 7.47. The molecule has 2 aliphatic rings. The Hall–Kier alpha value is -3.22. The Morgan fingerprint density at radius 1 is 1.21 bits per heavy atom. The van der Waals surface area contributed by atoms with Gasteiger partial charge < -0.3 is 9.80 Å². The van der Waals surface area contributed by atoms with Gasteiger partial charge in [0.25, 0.3) is 5.69 Å². The number of nitro groups is 1. The average molecular weight is 379 g/mol. The minimum absolute atomic E-state index is 0.0120. The number of aryl methyl sites for hydroxylation is 1. The Balaban J connectivity index is 1.46. The number of hydrogen-bond acceptors (Lipinski definition) is 4. The van der Waals surface area contributed by atoms with Crippen LogP contribution in [0.25, 0.3) is 0 Å². The Kier molecular flexibility index (Phi) is 4.58. The molecule has 0 aliphatic carbocycles. The van der Waals surface area contributed by atoms with E-state index in [0.717, 1.165) is 22.4 Å². The third-order valence-electron chi connectivity index (χ3n) is 5.49. The van der Waals surface area contributed by atoms with E-state index >= 15 is 0 Å². The molecule has 0 N–H and O–H groups in total. The van der Waals surface area contributed by atoms with E-state index in [1.54, 1.807) is 15.9 Å². The van der Waals surface area contributed by atoms with Crippen molar-refractivity contribution in [3.63, 3.8) is 0 Å². The van der Waals surface area contributed by atoms with E-state index in [9.17, 15) is 19.7 Å². The monoisotopic (exact) mass is 379 g/mol. The molecule has 0 spiro atoms. The van der Waals surface area contributed by atoms with E-state index in [2.05, 4.69) is 0 Å². The number of carbonyl (C=O) groups excluding carboxylic acids is 2. The van der Waals surface area contributed by atoms with Gasteiger partial charge in [-0.25, -0.2) is 0 Å². The lowest BCUT2D eigenvalue weighted by molar-refractivity contribution is -0.384. The number of nitrogens with zero attached hydrogens (tertiary/aromatic N) is 3. The SMILES string of the molecule is Cc1ccc(CN2CC(C(=O)N3CCc4cc([N+](=O)[O-])ccc43)CC2=O)cc1. The second kappa shape index (κ2) is 7.07. The number of anilines is 1. The summed E-state index contributed by atoms with van der Waals surface area (Å²) in [5.74, 6) is -0.464. The molecule has 28 heavy (non-hydrogen) atoms. The van der Waals surface area contributed by atoms with Crippen LogP contribution in [0.5, 0.6) is 0 Å². The predicted octanol–water partition coefficient (Wildman–Crippen LogP) is 2.84. The van der Waals surface area contributed by atoms with Gasteiger partial charge in [-0.2, -0.15) is 0 Å². The highest BCUT2D eigenvalue weighted by molar-refractivity contribution is 6.00. The zero-order valence-electron chi connectivity index (χ0n) is 15.6. The molecular formula is C21H21N3O4. The molecule has 4 rings (SSSR count). The van der Waals surface area contributed by atoms with E-state index in [4.69, 9.17) is 0 Å². The van der Waals surface area contributed by atoms with Crippen LogP contribution in [0, 0.1) is 23.0 Å². The lowest BCUT2D eigenvalue weighted by atomic mass is 10.1. The van der Waals surface area contributed by atoms with Gasteiger partial charge >= 0.3 is 0 Å². The second-order valence-electron chi connectivity index (χ2n) is 7.47. The van der Waals surface area contributed by atoms with Crippen LogP contribution in [-0.4, -0.2) is 34.7 Å². The molecule has 1 saturated heterocycles. The molecule has 0 radical (unpaired) electrons. The first-order valence-electron chi connectivity index (χ1n) is 9.34. The highest BCUT2D eigenvalue weighted by atomic mass is 16.6. The van der Waals surface area contributed by atoms with Crippen molar-refractivity contribution in [3.8, 4) is 0 Å². The zero-order chi connectivity index (χ0) is 19.8. The number of carbonyl (C=O) groups is 2. The Bertz CT molecular complexity index is 955. The van der Waals surface area contributed by atoms with Gasteiger partial charge in [-0.15, -0.1) is 0 Å². The molecule has 1 atom stereocenters. The first-order chi connectivity index (χ1) is 13.4. The molecule has 2 aliphatic heterocycles. The van der Waals surface area contributed by atoms with Crippen LogP contribution >= 0.6 is 0 Å². The molecule has 0 aromatic heterocycles. The summed E-state index contributed by atoms with van der Waals surface area (Å²) >= 11 is 0. The number of likely N-dealkylation sites (tertiary alicyclic amines) is 1. The van der Waals surface area contributed by atoms with Crippen LogP contribution in [0.15, 0.2) is 42.5 Å². The van der Waals surface area contributed by atoms with Crippen LogP contribution in [0.4, 0.5) is 11.4 Å². The highest BCUT2D eigenvalue weighted by Crippen LogP contribution is 2.33. The van der Waals surface area contributed by atoms with E-state index in [1.807, 2.05) is 31.2 Å². The fourth-order valence-corrected chi connectivity index (χ4v) is 3.96. The summed E-state index contributed by atoms with van der Waals surface area (Å²) in [6.07, 6.45) is 0.806. The lowest BCUT2D eigenvalue weighted by Gasteiger charge is -2.21. The van der Waals surface area contributed by atoms with E-state index in [-0.39, 0.29) is 29.8 Å². The minimum atomic E-state index is -0.427. The average Bonchev–Trinajstić information content (AvgIpc) is 3.26. The Morgan fingerprint density at radius 3 is 2.68 bits per heavy atom. The Labute approximate surface area is 162 Å². The van der Waals surface area contributed by atoms with Crippen molar-refractivity contribution in [1.82, 2.24) is 4.90 Å². The summed E-state index contributed by atoms with van der Waals surface area (Å²) < 4.78 is 0. The van der Waals surface area contributed by atoms with Crippen molar-refractivity contribution in [2.24, 2.45) is 5.92 Å². The number of benzene rings is 2. The van der Waals surface area contributed by atoms with Crippen LogP contribution in [-0.2, 0) is 22.6 Å². The van der Waals surface area contributed by atoms with Crippen LogP contribution < -0.4 is 4.90 Å². The van der Waals surface area contributed by atoms with Gasteiger partial charge in [-0.05, 0) is 30.5 Å². The first-order valence-corrected chi connectivity index (χ1v) is 9.34. The van der Waals surface area contributed by atoms with E-state index in [1.165, 1.54) is 12.1 Å². The van der Waals surface area contributed by atoms with E-state index < -0.39 is 4.92 Å². The van der Waals surface area contributed by atoms with E-state index in [0.29, 0.717) is 26.1 Å². The summed E-state index contributed by atoms with van der Waals surface area (Å²) in [6.45, 7) is 3.43. The van der Waals surface area contributed by atoms with Crippen LogP contribution in [0.2, 0.25) is 0 Å². The first kappa shape index (κ1) is 18.2. The summed E-state index contributed by atoms with van der Waals surface area (Å²) in [6, 6.07) is 12.6. The minimum Gasteiger partial charge on any atom is -0.338 e. The summed E-state index contributed by atoms with van der Waals surface area (Å²) in [7, 11) is 0. The number of amides is 2. The van der Waals surface area contributed by atoms with Gasteiger partial charge in [-0.3, -0.25) is 19.7 Å². The summed E-state index contributed by atoms with van der Waals surface area (Å²) in [5, 5.41) is 10.9. The molecule has 2 aromatic carbocycles. The maximum atomic E-state index is 13.0. The third-order valence-corrected chi connectivity index (χ3v) is 5.49. The zero-order valence-corrected chi connectivity index (χ0v) is 15.6. The standard InChI is InChI=1S/C21H21N3O4/c1-14-2-4-15(5-3-14)12-22-13-17(11-20(22)25)21(26)23-9-8-16-10-18(24(27)28)6-7-19(16)23/h2-7,10,17H,8-9,11-13H2,1H3. The fourth-order valence-electron chi connectivity index (χ4n) is 3.96. The molecule has 2 amide bonds. The Morgan fingerprint density at radius 2 is 1.96 bits per heavy atom. The molecule has 0 saturated carbocycles. The number of rotatable bonds is 4. The van der Waals surface area contributed by atoms with Crippen molar-refractivity contribution >= 4 is 23.2 Å². The molecule has 144 valence electrons. The van der Waals surface area contributed by atoms with Crippen LogP contribution in [0.1, 0.15) is 23.1 Å². The van der Waals surface area contributed by atoms with Crippen molar-refractivity contribution in [2.75, 3.05) is 18.0 Å².